The van der Waals surface area contributed by atoms with E-state index < -0.39 is 5.91 Å². The lowest BCUT2D eigenvalue weighted by Gasteiger charge is -2.17. The second-order valence-electron chi connectivity index (χ2n) is 5.61. The van der Waals surface area contributed by atoms with Crippen LogP contribution in [-0.4, -0.2) is 22.4 Å². The minimum Gasteiger partial charge on any atom is -0.497 e. The normalized spacial score (nSPS) is 11.9. The average molecular weight is 337 g/mol. The second-order valence-corrected chi connectivity index (χ2v) is 5.61. The molecule has 0 aliphatic heterocycles. The van der Waals surface area contributed by atoms with Crippen molar-refractivity contribution in [2.75, 3.05) is 7.11 Å². The van der Waals surface area contributed by atoms with Crippen LogP contribution in [0.25, 0.3) is 5.65 Å². The summed E-state index contributed by atoms with van der Waals surface area (Å²) in [6, 6.07) is 12.5. The molecular weight excluding hydrogens is 318 g/mol. The number of aromatic nitrogens is 2. The van der Waals surface area contributed by atoms with Gasteiger partial charge in [0.15, 0.2) is 0 Å². The van der Waals surface area contributed by atoms with Gasteiger partial charge in [-0.25, -0.2) is 4.98 Å². The summed E-state index contributed by atoms with van der Waals surface area (Å²) in [6.45, 7) is 1.97. The van der Waals surface area contributed by atoms with Crippen molar-refractivity contribution in [2.45, 2.75) is 19.4 Å². The van der Waals surface area contributed by atoms with Crippen molar-refractivity contribution in [1.82, 2.24) is 14.7 Å². The van der Waals surface area contributed by atoms with E-state index >= 15 is 0 Å². The molecule has 3 rings (SSSR count). The van der Waals surface area contributed by atoms with Crippen LogP contribution in [0.4, 0.5) is 0 Å². The fraction of sp³-hybridized carbons (Fsp3) is 0.211. The fourth-order valence-corrected chi connectivity index (χ4v) is 2.68. The van der Waals surface area contributed by atoms with Gasteiger partial charge in [0.1, 0.15) is 17.0 Å². The van der Waals surface area contributed by atoms with Crippen LogP contribution in [0.1, 0.15) is 35.3 Å². The number of hydrogen-bond acceptors (Lipinski definition) is 4. The van der Waals surface area contributed by atoms with Crippen molar-refractivity contribution < 1.29 is 9.53 Å². The lowest BCUT2D eigenvalue weighted by molar-refractivity contribution is 0.0933. The zero-order chi connectivity index (χ0) is 17.8. The molecule has 3 aromatic rings. The highest BCUT2D eigenvalue weighted by atomic mass is 16.5. The number of rotatable bonds is 5. The van der Waals surface area contributed by atoms with E-state index in [1.54, 1.807) is 31.5 Å². The van der Waals surface area contributed by atoms with Gasteiger partial charge in [-0.15, -0.1) is 0 Å². The van der Waals surface area contributed by atoms with E-state index in [1.807, 2.05) is 31.2 Å². The third-order valence-corrected chi connectivity index (χ3v) is 4.09. The maximum absolute atomic E-state index is 12.6. The van der Waals surface area contributed by atoms with E-state index in [1.165, 1.54) is 10.6 Å². The molecule has 0 saturated heterocycles. The molecule has 0 aliphatic rings. The molecule has 0 fully saturated rings. The van der Waals surface area contributed by atoms with Crippen LogP contribution in [0.5, 0.6) is 5.75 Å². The summed E-state index contributed by atoms with van der Waals surface area (Å²) < 4.78 is 6.51. The number of carbonyl (C=O) groups excluding carboxylic acids is 1. The maximum atomic E-state index is 12.6. The molecule has 6 nitrogen and oxygen atoms in total. The van der Waals surface area contributed by atoms with Crippen LogP contribution in [0.15, 0.2) is 59.7 Å². The first-order chi connectivity index (χ1) is 12.1. The van der Waals surface area contributed by atoms with Gasteiger partial charge in [-0.05, 0) is 36.2 Å². The maximum Gasteiger partial charge on any atom is 0.270 e. The number of amides is 1. The molecule has 0 unspecified atom stereocenters. The van der Waals surface area contributed by atoms with Crippen LogP contribution in [-0.2, 0) is 0 Å². The summed E-state index contributed by atoms with van der Waals surface area (Å²) >= 11 is 0. The van der Waals surface area contributed by atoms with Crippen molar-refractivity contribution in [1.29, 1.82) is 0 Å². The first-order valence-corrected chi connectivity index (χ1v) is 8.05. The Morgan fingerprint density at radius 2 is 2.00 bits per heavy atom. The molecule has 0 bridgehead atoms. The third kappa shape index (κ3) is 3.38. The summed E-state index contributed by atoms with van der Waals surface area (Å²) in [4.78, 5) is 29.3. The number of hydrogen-bond donors (Lipinski definition) is 1. The van der Waals surface area contributed by atoms with Crippen LogP contribution < -0.4 is 15.6 Å². The van der Waals surface area contributed by atoms with Gasteiger partial charge in [0.25, 0.3) is 11.5 Å². The lowest BCUT2D eigenvalue weighted by Crippen LogP contribution is -2.34. The highest BCUT2D eigenvalue weighted by Gasteiger charge is 2.18. The number of carbonyl (C=O) groups is 1. The number of ether oxygens (including phenoxy) is 1. The summed E-state index contributed by atoms with van der Waals surface area (Å²) in [5, 5.41) is 2.91. The molecule has 2 aromatic heterocycles. The van der Waals surface area contributed by atoms with Crippen molar-refractivity contribution in [3.8, 4) is 5.75 Å². The van der Waals surface area contributed by atoms with Crippen LogP contribution in [0, 0.1) is 0 Å². The Hall–Kier alpha value is -3.15. The van der Waals surface area contributed by atoms with Gasteiger partial charge >= 0.3 is 0 Å². The van der Waals surface area contributed by atoms with E-state index in [9.17, 15) is 9.59 Å². The molecule has 0 aliphatic carbocycles. The van der Waals surface area contributed by atoms with Gasteiger partial charge in [0, 0.05) is 12.4 Å². The smallest absolute Gasteiger partial charge is 0.270 e. The van der Waals surface area contributed by atoms with Gasteiger partial charge < -0.3 is 10.1 Å². The van der Waals surface area contributed by atoms with Gasteiger partial charge in [0.2, 0.25) is 0 Å². The average Bonchev–Trinajstić information content (AvgIpc) is 2.66. The van der Waals surface area contributed by atoms with Crippen molar-refractivity contribution in [3.63, 3.8) is 0 Å². The fourth-order valence-electron chi connectivity index (χ4n) is 2.68. The molecule has 2 heterocycles. The first-order valence-electron chi connectivity index (χ1n) is 8.05. The molecule has 1 aromatic carbocycles. The molecule has 6 heteroatoms. The molecule has 25 heavy (non-hydrogen) atoms. The van der Waals surface area contributed by atoms with E-state index in [4.69, 9.17) is 4.74 Å². The number of nitrogens with one attached hydrogen (secondary N) is 1. The first kappa shape index (κ1) is 16.7. The topological polar surface area (TPSA) is 72.7 Å². The van der Waals surface area contributed by atoms with Crippen molar-refractivity contribution in [2.24, 2.45) is 0 Å². The zero-order valence-corrected chi connectivity index (χ0v) is 14.1. The Morgan fingerprint density at radius 1 is 1.24 bits per heavy atom. The third-order valence-electron chi connectivity index (χ3n) is 4.09. The molecule has 1 amide bonds. The predicted octanol–water partition coefficient (Wildman–Crippen LogP) is 2.58. The van der Waals surface area contributed by atoms with E-state index in [0.717, 1.165) is 11.3 Å². The number of methoxy groups -OCH3 is 1. The molecule has 0 radical (unpaired) electrons. The number of benzene rings is 1. The Balaban J connectivity index is 1.87. The molecule has 0 saturated carbocycles. The highest BCUT2D eigenvalue weighted by molar-refractivity contribution is 5.94. The Kier molecular flexibility index (Phi) is 4.79. The number of fused-ring (bicyclic) bond motifs is 1. The summed E-state index contributed by atoms with van der Waals surface area (Å²) in [5.74, 6) is 0.320. The molecular formula is C19H19N3O3. The van der Waals surface area contributed by atoms with Crippen LogP contribution >= 0.6 is 0 Å². The quantitative estimate of drug-likeness (QED) is 0.777. The lowest BCUT2D eigenvalue weighted by atomic mass is 10.0. The van der Waals surface area contributed by atoms with Crippen molar-refractivity contribution in [3.05, 3.63) is 76.3 Å². The summed E-state index contributed by atoms with van der Waals surface area (Å²) in [5.41, 5.74) is 1.10. The standard InChI is InChI=1S/C19H19N3O3/c1-3-16(13-7-9-14(25-2)10-8-13)21-18(23)15-12-20-17-6-4-5-11-22(17)19(15)24/h4-12,16H,3H2,1-2H3,(H,21,23)/t16-/m0/s1. The van der Waals surface area contributed by atoms with Crippen molar-refractivity contribution >= 4 is 11.6 Å². The largest absolute Gasteiger partial charge is 0.497 e. The molecule has 1 atom stereocenters. The monoisotopic (exact) mass is 337 g/mol. The number of nitrogens with zero attached hydrogens (tertiary/aromatic N) is 2. The molecule has 128 valence electrons. The summed E-state index contributed by atoms with van der Waals surface area (Å²) in [7, 11) is 1.61. The Labute approximate surface area is 145 Å². The van der Waals surface area contributed by atoms with E-state index in [-0.39, 0.29) is 17.2 Å². The van der Waals surface area contributed by atoms with E-state index in [0.29, 0.717) is 12.1 Å². The highest BCUT2D eigenvalue weighted by Crippen LogP contribution is 2.20. The predicted molar refractivity (Wildman–Crippen MR) is 95.0 cm³/mol. The Morgan fingerprint density at radius 3 is 2.68 bits per heavy atom. The Bertz CT molecular complexity index is 948. The molecule has 1 N–H and O–H groups in total. The van der Waals surface area contributed by atoms with Gasteiger partial charge in [-0.2, -0.15) is 0 Å². The van der Waals surface area contributed by atoms with Gasteiger partial charge in [-0.3, -0.25) is 14.0 Å². The van der Waals surface area contributed by atoms with Crippen LogP contribution in [0.2, 0.25) is 0 Å². The molecule has 0 spiro atoms. The zero-order valence-electron chi connectivity index (χ0n) is 14.1. The van der Waals surface area contributed by atoms with Gasteiger partial charge in [-0.1, -0.05) is 25.1 Å². The second kappa shape index (κ2) is 7.17. The minimum atomic E-state index is -0.432. The van der Waals surface area contributed by atoms with E-state index in [2.05, 4.69) is 10.3 Å². The van der Waals surface area contributed by atoms with Gasteiger partial charge in [0.05, 0.1) is 13.2 Å². The minimum absolute atomic E-state index is 0.0238. The SMILES string of the molecule is CC[C@H](NC(=O)c1cnc2ccccn2c1=O)c1ccc(OC)cc1. The number of pyridine rings is 1. The van der Waals surface area contributed by atoms with Crippen LogP contribution in [0.3, 0.4) is 0 Å². The summed E-state index contributed by atoms with van der Waals surface area (Å²) in [6.07, 6.45) is 3.62.